The van der Waals surface area contributed by atoms with Crippen molar-refractivity contribution in [2.45, 2.75) is 26.8 Å². The number of carbonyl (C=O) groups excluding carboxylic acids is 1. The lowest BCUT2D eigenvalue weighted by molar-refractivity contribution is -0.383. The molecule has 0 heterocycles. The molecule has 6 heteroatoms. The predicted molar refractivity (Wildman–Crippen MR) is 69.4 cm³/mol. The molecule has 2 N–H and O–H groups in total. The largest absolute Gasteiger partial charge is 0.393 e. The summed E-state index contributed by atoms with van der Waals surface area (Å²) < 4.78 is 0. The molecule has 0 aliphatic heterocycles. The van der Waals surface area contributed by atoms with Gasteiger partial charge in [-0.15, -0.1) is 0 Å². The van der Waals surface area contributed by atoms with Crippen LogP contribution in [-0.4, -0.2) is 28.3 Å². The van der Waals surface area contributed by atoms with E-state index in [0.29, 0.717) is 6.54 Å². The molecule has 1 amide bonds. The molecule has 18 heavy (non-hydrogen) atoms. The molecule has 0 aliphatic rings. The minimum absolute atomic E-state index is 0.0408. The lowest BCUT2D eigenvalue weighted by Gasteiger charge is -2.25. The maximum absolute atomic E-state index is 12.2. The van der Waals surface area contributed by atoms with Gasteiger partial charge in [-0.1, -0.05) is 0 Å². The second-order valence-electron chi connectivity index (χ2n) is 4.22. The average Bonchev–Trinajstić information content (AvgIpc) is 2.29. The Morgan fingerprint density at radius 2 is 2.11 bits per heavy atom. The van der Waals surface area contributed by atoms with E-state index in [9.17, 15) is 14.9 Å². The van der Waals surface area contributed by atoms with E-state index in [-0.39, 0.29) is 28.9 Å². The van der Waals surface area contributed by atoms with Crippen LogP contribution in [0.25, 0.3) is 0 Å². The molecule has 0 saturated carbocycles. The number of nitrogens with two attached hydrogens (primary N) is 1. The third kappa shape index (κ3) is 2.77. The third-order valence-electron chi connectivity index (χ3n) is 2.70. The first-order valence-corrected chi connectivity index (χ1v) is 5.73. The van der Waals surface area contributed by atoms with Gasteiger partial charge in [0.25, 0.3) is 11.6 Å². The van der Waals surface area contributed by atoms with E-state index in [1.165, 1.54) is 18.2 Å². The van der Waals surface area contributed by atoms with Crippen molar-refractivity contribution in [2.75, 3.05) is 12.3 Å². The van der Waals surface area contributed by atoms with E-state index in [1.807, 2.05) is 20.8 Å². The van der Waals surface area contributed by atoms with Gasteiger partial charge in [0.2, 0.25) is 0 Å². The second-order valence-corrected chi connectivity index (χ2v) is 4.22. The molecule has 0 spiro atoms. The van der Waals surface area contributed by atoms with Gasteiger partial charge in [0.05, 0.1) is 4.92 Å². The molecule has 1 rings (SSSR count). The Morgan fingerprint density at radius 1 is 1.50 bits per heavy atom. The Balaban J connectivity index is 3.14. The first kappa shape index (κ1) is 14.0. The number of anilines is 1. The zero-order chi connectivity index (χ0) is 13.9. The predicted octanol–water partition coefficient (Wildman–Crippen LogP) is 2.05. The van der Waals surface area contributed by atoms with Crippen molar-refractivity contribution in [3.05, 3.63) is 33.9 Å². The summed E-state index contributed by atoms with van der Waals surface area (Å²) in [5.74, 6) is -0.226. The van der Waals surface area contributed by atoms with Gasteiger partial charge in [-0.25, -0.2) is 0 Å². The number of hydrogen-bond acceptors (Lipinski definition) is 4. The van der Waals surface area contributed by atoms with Gasteiger partial charge in [0.15, 0.2) is 0 Å². The van der Waals surface area contributed by atoms with Crippen LogP contribution >= 0.6 is 0 Å². The Labute approximate surface area is 106 Å². The monoisotopic (exact) mass is 251 g/mol. The van der Waals surface area contributed by atoms with Crippen LogP contribution in [0.5, 0.6) is 0 Å². The summed E-state index contributed by atoms with van der Waals surface area (Å²) in [7, 11) is 0. The van der Waals surface area contributed by atoms with Gasteiger partial charge in [0.1, 0.15) is 5.69 Å². The Kier molecular flexibility index (Phi) is 4.25. The lowest BCUT2D eigenvalue weighted by atomic mass is 10.1. The highest BCUT2D eigenvalue weighted by atomic mass is 16.6. The molecule has 0 bridgehead atoms. The van der Waals surface area contributed by atoms with Crippen molar-refractivity contribution >= 4 is 17.3 Å². The number of nitro groups is 1. The van der Waals surface area contributed by atoms with Crippen LogP contribution in [0.15, 0.2) is 18.2 Å². The van der Waals surface area contributed by atoms with Gasteiger partial charge in [0, 0.05) is 24.2 Å². The smallest absolute Gasteiger partial charge is 0.292 e. The Morgan fingerprint density at radius 3 is 2.56 bits per heavy atom. The third-order valence-corrected chi connectivity index (χ3v) is 2.70. The molecule has 0 aromatic heterocycles. The number of nitrogen functional groups attached to an aromatic ring is 1. The summed E-state index contributed by atoms with van der Waals surface area (Å²) in [6.45, 7) is 6.21. The van der Waals surface area contributed by atoms with Gasteiger partial charge in [-0.3, -0.25) is 14.9 Å². The molecule has 0 unspecified atom stereocenters. The van der Waals surface area contributed by atoms with Crippen LogP contribution in [0.1, 0.15) is 31.1 Å². The van der Waals surface area contributed by atoms with E-state index < -0.39 is 4.92 Å². The van der Waals surface area contributed by atoms with E-state index in [4.69, 9.17) is 5.73 Å². The molecule has 1 aromatic rings. The average molecular weight is 251 g/mol. The van der Waals surface area contributed by atoms with Crippen molar-refractivity contribution < 1.29 is 9.72 Å². The first-order chi connectivity index (χ1) is 8.38. The molecule has 0 aliphatic carbocycles. The Hall–Kier alpha value is -2.11. The SMILES string of the molecule is CCN(C(=O)c1ccc(N)c([N+](=O)[O-])c1)C(C)C. The summed E-state index contributed by atoms with van der Waals surface area (Å²) in [5.41, 5.74) is 5.60. The van der Waals surface area contributed by atoms with Crippen molar-refractivity contribution in [1.82, 2.24) is 4.90 Å². The van der Waals surface area contributed by atoms with Crippen molar-refractivity contribution in [1.29, 1.82) is 0 Å². The van der Waals surface area contributed by atoms with E-state index in [2.05, 4.69) is 0 Å². The van der Waals surface area contributed by atoms with Crippen molar-refractivity contribution in [2.24, 2.45) is 0 Å². The van der Waals surface area contributed by atoms with Crippen LogP contribution in [0.4, 0.5) is 11.4 Å². The maximum atomic E-state index is 12.2. The zero-order valence-electron chi connectivity index (χ0n) is 10.7. The summed E-state index contributed by atoms with van der Waals surface area (Å²) in [4.78, 5) is 24.0. The van der Waals surface area contributed by atoms with Crippen LogP contribution in [-0.2, 0) is 0 Å². The maximum Gasteiger partial charge on any atom is 0.292 e. The quantitative estimate of drug-likeness (QED) is 0.503. The molecular formula is C12H17N3O3. The van der Waals surface area contributed by atoms with Crippen LogP contribution < -0.4 is 5.73 Å². The minimum Gasteiger partial charge on any atom is -0.393 e. The molecule has 6 nitrogen and oxygen atoms in total. The van der Waals surface area contributed by atoms with Crippen LogP contribution in [0.2, 0.25) is 0 Å². The Bertz CT molecular complexity index is 472. The number of hydrogen-bond donors (Lipinski definition) is 1. The van der Waals surface area contributed by atoms with Gasteiger partial charge < -0.3 is 10.6 Å². The number of benzene rings is 1. The normalized spacial score (nSPS) is 10.4. The number of rotatable bonds is 4. The van der Waals surface area contributed by atoms with E-state index in [1.54, 1.807) is 4.90 Å². The zero-order valence-corrected chi connectivity index (χ0v) is 10.7. The molecule has 0 fully saturated rings. The molecule has 0 saturated heterocycles. The van der Waals surface area contributed by atoms with Gasteiger partial charge in [-0.05, 0) is 32.9 Å². The number of nitrogens with zero attached hydrogens (tertiary/aromatic N) is 2. The van der Waals surface area contributed by atoms with E-state index in [0.717, 1.165) is 0 Å². The minimum atomic E-state index is -0.586. The lowest BCUT2D eigenvalue weighted by Crippen LogP contribution is -2.36. The fraction of sp³-hybridized carbons (Fsp3) is 0.417. The topological polar surface area (TPSA) is 89.5 Å². The second kappa shape index (κ2) is 5.48. The molecular weight excluding hydrogens is 234 g/mol. The summed E-state index contributed by atoms with van der Waals surface area (Å²) in [5, 5.41) is 10.8. The van der Waals surface area contributed by atoms with E-state index >= 15 is 0 Å². The highest BCUT2D eigenvalue weighted by molar-refractivity contribution is 5.95. The van der Waals surface area contributed by atoms with Crippen LogP contribution in [0.3, 0.4) is 0 Å². The highest BCUT2D eigenvalue weighted by Crippen LogP contribution is 2.23. The van der Waals surface area contributed by atoms with Crippen LogP contribution in [0, 0.1) is 10.1 Å². The summed E-state index contributed by atoms with van der Waals surface area (Å²) >= 11 is 0. The molecule has 1 aromatic carbocycles. The standard InChI is InChI=1S/C12H17N3O3/c1-4-14(8(2)3)12(16)9-5-6-10(13)11(7-9)15(17)18/h5-8H,4,13H2,1-3H3. The fourth-order valence-electron chi connectivity index (χ4n) is 1.74. The molecule has 0 radical (unpaired) electrons. The number of carbonyl (C=O) groups is 1. The molecule has 98 valence electrons. The van der Waals surface area contributed by atoms with Gasteiger partial charge >= 0.3 is 0 Å². The summed E-state index contributed by atoms with van der Waals surface area (Å²) in [6.07, 6.45) is 0. The fourth-order valence-corrected chi connectivity index (χ4v) is 1.74. The molecule has 0 atom stereocenters. The first-order valence-electron chi connectivity index (χ1n) is 5.73. The number of nitro benzene ring substituents is 1. The van der Waals surface area contributed by atoms with Crippen molar-refractivity contribution in [3.8, 4) is 0 Å². The number of amides is 1. The summed E-state index contributed by atoms with van der Waals surface area (Å²) in [6, 6.07) is 4.16. The highest BCUT2D eigenvalue weighted by Gasteiger charge is 2.20. The van der Waals surface area contributed by atoms with Gasteiger partial charge in [-0.2, -0.15) is 0 Å². The van der Waals surface area contributed by atoms with Crippen molar-refractivity contribution in [3.63, 3.8) is 0 Å².